The molecule has 0 amide bonds. The molecule has 0 unspecified atom stereocenters. The number of nitrogen functional groups attached to an aromatic ring is 1. The Morgan fingerprint density at radius 3 is 2.83 bits per heavy atom. The van der Waals surface area contributed by atoms with E-state index in [-0.39, 0.29) is 0 Å². The predicted molar refractivity (Wildman–Crippen MR) is 70.5 cm³/mol. The molecule has 1 heterocycles. The third-order valence-electron chi connectivity index (χ3n) is 2.36. The number of H-pyrrole nitrogens is 1. The van der Waals surface area contributed by atoms with Crippen LogP contribution < -0.4 is 16.9 Å². The van der Waals surface area contributed by atoms with Gasteiger partial charge in [0.1, 0.15) is 0 Å². The molecule has 94 valence electrons. The molecule has 2 aromatic rings. The van der Waals surface area contributed by atoms with Gasteiger partial charge in [-0.2, -0.15) is 4.98 Å². The van der Waals surface area contributed by atoms with Crippen LogP contribution in [0.2, 0.25) is 0 Å². The number of aromatic amines is 1. The molecule has 0 aliphatic rings. The molecule has 0 aliphatic heterocycles. The van der Waals surface area contributed by atoms with E-state index < -0.39 is 11.1 Å². The molecular formula is C11H12N4O2S. The quantitative estimate of drug-likeness (QED) is 0.474. The summed E-state index contributed by atoms with van der Waals surface area (Å²) in [4.78, 5) is 25.9. The Morgan fingerprint density at radius 1 is 1.39 bits per heavy atom. The van der Waals surface area contributed by atoms with Crippen molar-refractivity contribution in [2.75, 3.05) is 5.73 Å². The Hall–Kier alpha value is -2.02. The topological polar surface area (TPSA) is 93.8 Å². The first-order valence-corrected chi connectivity index (χ1v) is 6.20. The molecule has 0 saturated heterocycles. The molecule has 1 aromatic carbocycles. The lowest BCUT2D eigenvalue weighted by atomic mass is 10.2. The van der Waals surface area contributed by atoms with Crippen LogP contribution in [0.25, 0.3) is 0 Å². The first-order valence-electron chi connectivity index (χ1n) is 5.21. The van der Waals surface area contributed by atoms with E-state index in [1.807, 2.05) is 24.3 Å². The SMILES string of the molecule is Cn1[nH]c(=O)c(=O)nc1SCc1ccccc1N. The van der Waals surface area contributed by atoms with E-state index in [4.69, 9.17) is 5.73 Å². The maximum Gasteiger partial charge on any atom is 0.339 e. The van der Waals surface area contributed by atoms with Gasteiger partial charge < -0.3 is 5.73 Å². The molecule has 6 nitrogen and oxygen atoms in total. The molecule has 2 rings (SSSR count). The van der Waals surface area contributed by atoms with Gasteiger partial charge in [-0.25, -0.2) is 0 Å². The summed E-state index contributed by atoms with van der Waals surface area (Å²) in [5, 5.41) is 2.84. The van der Waals surface area contributed by atoms with E-state index in [2.05, 4.69) is 10.1 Å². The molecule has 0 aliphatic carbocycles. The number of nitrogens with two attached hydrogens (primary N) is 1. The zero-order valence-corrected chi connectivity index (χ0v) is 10.5. The molecule has 18 heavy (non-hydrogen) atoms. The van der Waals surface area contributed by atoms with Crippen LogP contribution >= 0.6 is 11.8 Å². The van der Waals surface area contributed by atoms with Crippen LogP contribution in [0.1, 0.15) is 5.56 Å². The number of aromatic nitrogens is 3. The zero-order valence-electron chi connectivity index (χ0n) is 9.71. The van der Waals surface area contributed by atoms with E-state index in [1.54, 1.807) is 7.05 Å². The van der Waals surface area contributed by atoms with E-state index in [1.165, 1.54) is 16.4 Å². The molecule has 0 saturated carbocycles. The molecule has 0 atom stereocenters. The Morgan fingerprint density at radius 2 is 2.11 bits per heavy atom. The summed E-state index contributed by atoms with van der Waals surface area (Å²) >= 11 is 1.34. The average molecular weight is 264 g/mol. The largest absolute Gasteiger partial charge is 0.398 e. The number of anilines is 1. The Kier molecular flexibility index (Phi) is 3.52. The number of rotatable bonds is 3. The van der Waals surface area contributed by atoms with Crippen LogP contribution in [-0.4, -0.2) is 14.8 Å². The highest BCUT2D eigenvalue weighted by atomic mass is 32.2. The normalized spacial score (nSPS) is 10.5. The van der Waals surface area contributed by atoms with Crippen molar-refractivity contribution in [3.8, 4) is 0 Å². The van der Waals surface area contributed by atoms with Gasteiger partial charge in [0.2, 0.25) is 0 Å². The minimum Gasteiger partial charge on any atom is -0.398 e. The minimum absolute atomic E-state index is 0.447. The van der Waals surface area contributed by atoms with Gasteiger partial charge in [0.15, 0.2) is 5.16 Å². The summed E-state index contributed by atoms with van der Waals surface area (Å²) in [6.07, 6.45) is 0. The van der Waals surface area contributed by atoms with E-state index in [0.29, 0.717) is 16.6 Å². The maximum absolute atomic E-state index is 11.2. The first-order chi connectivity index (χ1) is 8.58. The lowest BCUT2D eigenvalue weighted by Crippen LogP contribution is -2.33. The summed E-state index contributed by atoms with van der Waals surface area (Å²) in [6.45, 7) is 0. The highest BCUT2D eigenvalue weighted by molar-refractivity contribution is 7.98. The number of hydrogen-bond acceptors (Lipinski definition) is 5. The van der Waals surface area contributed by atoms with Crippen molar-refractivity contribution in [2.24, 2.45) is 7.05 Å². The van der Waals surface area contributed by atoms with Crippen molar-refractivity contribution in [2.45, 2.75) is 10.9 Å². The number of aryl methyl sites for hydroxylation is 1. The van der Waals surface area contributed by atoms with Crippen LogP contribution in [0.4, 0.5) is 5.69 Å². The molecule has 0 radical (unpaired) electrons. The van der Waals surface area contributed by atoms with E-state index in [9.17, 15) is 9.59 Å². The molecule has 1 aromatic heterocycles. The van der Waals surface area contributed by atoms with Gasteiger partial charge in [0.25, 0.3) is 0 Å². The van der Waals surface area contributed by atoms with Crippen LogP contribution in [0.3, 0.4) is 0 Å². The fraction of sp³-hybridized carbons (Fsp3) is 0.182. The summed E-state index contributed by atoms with van der Waals surface area (Å²) < 4.78 is 1.42. The second-order valence-electron chi connectivity index (χ2n) is 3.69. The molecule has 0 bridgehead atoms. The average Bonchev–Trinajstić information content (AvgIpc) is 2.34. The number of para-hydroxylation sites is 1. The minimum atomic E-state index is -0.781. The Labute approximate surface area is 107 Å². The van der Waals surface area contributed by atoms with E-state index >= 15 is 0 Å². The second kappa shape index (κ2) is 5.09. The number of nitrogens with one attached hydrogen (secondary N) is 1. The van der Waals surface area contributed by atoms with E-state index in [0.717, 1.165) is 5.56 Å². The lowest BCUT2D eigenvalue weighted by molar-refractivity contribution is 0.596. The van der Waals surface area contributed by atoms with Crippen molar-refractivity contribution in [3.05, 3.63) is 50.5 Å². The fourth-order valence-corrected chi connectivity index (χ4v) is 2.33. The number of thioether (sulfide) groups is 1. The maximum atomic E-state index is 11.2. The molecule has 0 spiro atoms. The van der Waals surface area contributed by atoms with Crippen LogP contribution in [0.15, 0.2) is 39.0 Å². The van der Waals surface area contributed by atoms with Gasteiger partial charge in [-0.1, -0.05) is 30.0 Å². The highest BCUT2D eigenvalue weighted by Crippen LogP contribution is 2.22. The van der Waals surface area contributed by atoms with Crippen molar-refractivity contribution in [1.29, 1.82) is 0 Å². The van der Waals surface area contributed by atoms with Gasteiger partial charge in [-0.15, -0.1) is 0 Å². The second-order valence-corrected chi connectivity index (χ2v) is 4.63. The Bertz CT molecular complexity index is 677. The Balaban J connectivity index is 2.21. The molecule has 7 heteroatoms. The lowest BCUT2D eigenvalue weighted by Gasteiger charge is -2.07. The smallest absolute Gasteiger partial charge is 0.339 e. The molecular weight excluding hydrogens is 252 g/mol. The fourth-order valence-electron chi connectivity index (χ4n) is 1.40. The summed E-state index contributed by atoms with van der Waals surface area (Å²) in [7, 11) is 1.63. The summed E-state index contributed by atoms with van der Waals surface area (Å²) in [5.74, 6) is 0.582. The first kappa shape index (κ1) is 12.4. The van der Waals surface area contributed by atoms with Gasteiger partial charge >= 0.3 is 11.1 Å². The summed E-state index contributed by atoms with van der Waals surface area (Å²) in [6, 6.07) is 7.48. The number of benzene rings is 1. The van der Waals surface area contributed by atoms with Gasteiger partial charge in [-0.3, -0.25) is 19.4 Å². The van der Waals surface area contributed by atoms with Crippen molar-refractivity contribution < 1.29 is 0 Å². The third kappa shape index (κ3) is 2.62. The monoisotopic (exact) mass is 264 g/mol. The van der Waals surface area contributed by atoms with Gasteiger partial charge in [0, 0.05) is 18.5 Å². The van der Waals surface area contributed by atoms with Gasteiger partial charge in [0.05, 0.1) is 0 Å². The summed E-state index contributed by atoms with van der Waals surface area (Å²) in [5.41, 5.74) is 5.97. The molecule has 3 N–H and O–H groups in total. The van der Waals surface area contributed by atoms with Crippen molar-refractivity contribution in [1.82, 2.24) is 14.8 Å². The van der Waals surface area contributed by atoms with Crippen LogP contribution in [-0.2, 0) is 12.8 Å². The predicted octanol–water partition coefficient (Wildman–Crippen LogP) is 0.343. The number of hydrogen-bond donors (Lipinski definition) is 2. The zero-order chi connectivity index (χ0) is 13.1. The number of nitrogens with zero attached hydrogens (tertiary/aromatic N) is 2. The van der Waals surface area contributed by atoms with Crippen LogP contribution in [0.5, 0.6) is 0 Å². The highest BCUT2D eigenvalue weighted by Gasteiger charge is 2.06. The standard InChI is InChI=1S/C11H12N4O2S/c1-15-11(13-9(16)10(17)14-15)18-6-7-4-2-3-5-8(7)12/h2-5H,6,12H2,1H3,(H,14,17). The van der Waals surface area contributed by atoms with Crippen molar-refractivity contribution in [3.63, 3.8) is 0 Å². The van der Waals surface area contributed by atoms with Gasteiger partial charge in [-0.05, 0) is 11.6 Å². The van der Waals surface area contributed by atoms with Crippen LogP contribution in [0, 0.1) is 0 Å². The molecule has 0 fully saturated rings. The third-order valence-corrected chi connectivity index (χ3v) is 3.44. The van der Waals surface area contributed by atoms with Crippen molar-refractivity contribution >= 4 is 17.4 Å².